The molecule has 0 aliphatic rings. The van der Waals surface area contributed by atoms with E-state index in [0.717, 1.165) is 22.4 Å². The number of para-hydroxylation sites is 1. The Morgan fingerprint density at radius 2 is 1.61 bits per heavy atom. The molecule has 0 spiro atoms. The van der Waals surface area contributed by atoms with Crippen LogP contribution in [-0.4, -0.2) is 24.4 Å². The van der Waals surface area contributed by atoms with Gasteiger partial charge in [0, 0.05) is 22.9 Å². The number of halogens is 1. The molecule has 3 aromatic heterocycles. The number of thiazole rings is 1. The van der Waals surface area contributed by atoms with Crippen LogP contribution in [0.1, 0.15) is 22.5 Å². The van der Waals surface area contributed by atoms with Crippen LogP contribution in [0.5, 0.6) is 5.75 Å². The summed E-state index contributed by atoms with van der Waals surface area (Å²) in [4.78, 5) is 18.4. The number of aromatic nitrogens is 5. The predicted octanol–water partition coefficient (Wildman–Crippen LogP) is 6.44. The summed E-state index contributed by atoms with van der Waals surface area (Å²) >= 11 is 1.27. The van der Waals surface area contributed by atoms with Crippen LogP contribution in [0.15, 0.2) is 120 Å². The Bertz CT molecular complexity index is 2220. The van der Waals surface area contributed by atoms with Gasteiger partial charge in [0.2, 0.25) is 4.96 Å². The topological polar surface area (TPSA) is 74.3 Å². The van der Waals surface area contributed by atoms with Crippen LogP contribution in [0, 0.1) is 5.82 Å². The van der Waals surface area contributed by atoms with Crippen LogP contribution < -0.4 is 14.8 Å². The average Bonchev–Trinajstić information content (AvgIpc) is 3.75. The van der Waals surface area contributed by atoms with Crippen molar-refractivity contribution in [2.75, 3.05) is 0 Å². The third-order valence-electron chi connectivity index (χ3n) is 6.93. The van der Waals surface area contributed by atoms with Gasteiger partial charge in [0.1, 0.15) is 23.9 Å². The molecule has 0 amide bonds. The molecule has 0 bridgehead atoms. The predicted molar refractivity (Wildman–Crippen MR) is 171 cm³/mol. The van der Waals surface area contributed by atoms with E-state index in [1.807, 2.05) is 103 Å². The average molecular weight is 598 g/mol. The van der Waals surface area contributed by atoms with Crippen molar-refractivity contribution in [1.29, 1.82) is 0 Å². The fraction of sp³-hybridized carbons (Fsp3) is 0.0286. The molecule has 0 aliphatic heterocycles. The molecule has 0 aliphatic carbocycles. The Hall–Kier alpha value is -5.67. The van der Waals surface area contributed by atoms with Crippen LogP contribution in [0.3, 0.4) is 0 Å². The van der Waals surface area contributed by atoms with Gasteiger partial charge in [-0.05, 0) is 48.0 Å². The van der Waals surface area contributed by atoms with E-state index >= 15 is 0 Å². The van der Waals surface area contributed by atoms with Gasteiger partial charge in [0.25, 0.3) is 5.56 Å². The highest BCUT2D eigenvalue weighted by Gasteiger charge is 2.15. The highest BCUT2D eigenvalue weighted by atomic mass is 32.1. The van der Waals surface area contributed by atoms with Gasteiger partial charge in [-0.3, -0.25) is 4.79 Å². The third-order valence-corrected chi connectivity index (χ3v) is 7.89. The molecule has 4 aromatic carbocycles. The largest absolute Gasteiger partial charge is 0.489 e. The van der Waals surface area contributed by atoms with Gasteiger partial charge in [0.05, 0.1) is 10.2 Å². The Labute approximate surface area is 255 Å². The summed E-state index contributed by atoms with van der Waals surface area (Å²) < 4.78 is 23.7. The fourth-order valence-electron chi connectivity index (χ4n) is 4.74. The van der Waals surface area contributed by atoms with Gasteiger partial charge >= 0.3 is 0 Å². The van der Waals surface area contributed by atoms with E-state index in [9.17, 15) is 9.18 Å². The first-order chi connectivity index (χ1) is 21.6. The number of hydrogen-bond donors (Lipinski definition) is 0. The van der Waals surface area contributed by atoms with Crippen LogP contribution in [-0.2, 0) is 6.61 Å². The summed E-state index contributed by atoms with van der Waals surface area (Å²) in [7, 11) is 0. The SMILES string of the molecule is O=c1/c(=C/c2cn(-c3ccccc3)nc2-c2cccc(OCc3ccccc3F)c2)sc2nc(/C=C/c3ccccc3)nn12. The molecule has 214 valence electrons. The van der Waals surface area contributed by atoms with Crippen molar-refractivity contribution in [1.82, 2.24) is 24.4 Å². The van der Waals surface area contributed by atoms with Crippen molar-refractivity contribution >= 4 is 34.5 Å². The molecule has 0 N–H and O–H groups in total. The lowest BCUT2D eigenvalue weighted by atomic mass is 10.1. The molecule has 7 aromatic rings. The Morgan fingerprint density at radius 1 is 0.841 bits per heavy atom. The Morgan fingerprint density at radius 3 is 2.41 bits per heavy atom. The first-order valence-corrected chi connectivity index (χ1v) is 14.7. The zero-order chi connectivity index (χ0) is 29.9. The Balaban J connectivity index is 1.25. The minimum atomic E-state index is -0.313. The lowest BCUT2D eigenvalue weighted by Gasteiger charge is -2.08. The number of nitrogens with zero attached hydrogens (tertiary/aromatic N) is 5. The van der Waals surface area contributed by atoms with E-state index in [4.69, 9.17) is 9.84 Å². The summed E-state index contributed by atoms with van der Waals surface area (Å²) in [6, 6.07) is 33.6. The Kier molecular flexibility index (Phi) is 7.35. The van der Waals surface area contributed by atoms with Gasteiger partial charge in [0.15, 0.2) is 5.82 Å². The molecule has 9 heteroatoms. The molecular weight excluding hydrogens is 573 g/mol. The van der Waals surface area contributed by atoms with Crippen molar-refractivity contribution in [3.63, 3.8) is 0 Å². The van der Waals surface area contributed by atoms with Crippen molar-refractivity contribution in [3.05, 3.63) is 159 Å². The molecule has 0 saturated heterocycles. The quantitative estimate of drug-likeness (QED) is 0.202. The van der Waals surface area contributed by atoms with Gasteiger partial charge in [-0.25, -0.2) is 9.07 Å². The van der Waals surface area contributed by atoms with E-state index < -0.39 is 0 Å². The molecule has 0 radical (unpaired) electrons. The smallest absolute Gasteiger partial charge is 0.291 e. The van der Waals surface area contributed by atoms with Crippen molar-refractivity contribution in [3.8, 4) is 22.7 Å². The highest BCUT2D eigenvalue weighted by molar-refractivity contribution is 7.15. The molecule has 3 heterocycles. The molecule has 0 fully saturated rings. The highest BCUT2D eigenvalue weighted by Crippen LogP contribution is 2.28. The van der Waals surface area contributed by atoms with E-state index in [0.29, 0.717) is 32.3 Å². The number of hydrogen-bond acceptors (Lipinski definition) is 6. The molecule has 0 saturated carbocycles. The maximum atomic E-state index is 14.1. The molecule has 7 nitrogen and oxygen atoms in total. The third kappa shape index (κ3) is 5.68. The monoisotopic (exact) mass is 597 g/mol. The standard InChI is InChI=1S/C35H24FN5O2S/c36-30-17-8-7-12-26(30)23-43-29-16-9-13-25(20-29)33-27(22-40(39-33)28-14-5-2-6-15-28)21-31-34(42)41-35(44-31)37-32(38-41)19-18-24-10-3-1-4-11-24/h1-22H,23H2/b19-18+,31-21-. The van der Waals surface area contributed by atoms with E-state index in [2.05, 4.69) is 10.1 Å². The minimum absolute atomic E-state index is 0.0949. The number of ether oxygens (including phenoxy) is 1. The number of benzene rings is 4. The van der Waals surface area contributed by atoms with Gasteiger partial charge in [-0.1, -0.05) is 96.3 Å². The maximum absolute atomic E-state index is 14.1. The lowest BCUT2D eigenvalue weighted by Crippen LogP contribution is -2.23. The lowest BCUT2D eigenvalue weighted by molar-refractivity contribution is 0.300. The van der Waals surface area contributed by atoms with Gasteiger partial charge < -0.3 is 4.74 Å². The van der Waals surface area contributed by atoms with Crippen LogP contribution in [0.4, 0.5) is 4.39 Å². The molecule has 44 heavy (non-hydrogen) atoms. The van der Waals surface area contributed by atoms with Crippen LogP contribution >= 0.6 is 11.3 Å². The summed E-state index contributed by atoms with van der Waals surface area (Å²) in [5.41, 5.74) is 4.31. The molecular formula is C35H24FN5O2S. The summed E-state index contributed by atoms with van der Waals surface area (Å²) in [5.74, 6) is 0.727. The van der Waals surface area contributed by atoms with E-state index in [1.165, 1.54) is 21.9 Å². The number of fused-ring (bicyclic) bond motifs is 1. The summed E-state index contributed by atoms with van der Waals surface area (Å²) in [6.07, 6.45) is 7.41. The normalized spacial score (nSPS) is 12.0. The fourth-order valence-corrected chi connectivity index (χ4v) is 5.64. The van der Waals surface area contributed by atoms with Crippen molar-refractivity contribution in [2.45, 2.75) is 6.61 Å². The van der Waals surface area contributed by atoms with E-state index in [1.54, 1.807) is 29.0 Å². The molecule has 0 unspecified atom stereocenters. The second-order valence-corrected chi connectivity index (χ2v) is 11.0. The zero-order valence-corrected chi connectivity index (χ0v) is 24.1. The first-order valence-electron chi connectivity index (χ1n) is 13.9. The van der Waals surface area contributed by atoms with Gasteiger partial charge in [-0.2, -0.15) is 14.6 Å². The molecule has 0 atom stereocenters. The second-order valence-electron chi connectivity index (χ2n) is 9.95. The minimum Gasteiger partial charge on any atom is -0.489 e. The molecule has 7 rings (SSSR count). The number of rotatable bonds is 8. The maximum Gasteiger partial charge on any atom is 0.291 e. The summed E-state index contributed by atoms with van der Waals surface area (Å²) in [5, 5.41) is 9.30. The van der Waals surface area contributed by atoms with E-state index in [-0.39, 0.29) is 18.0 Å². The van der Waals surface area contributed by atoms with Crippen LogP contribution in [0.2, 0.25) is 0 Å². The zero-order valence-electron chi connectivity index (χ0n) is 23.2. The van der Waals surface area contributed by atoms with Crippen molar-refractivity contribution in [2.24, 2.45) is 0 Å². The first kappa shape index (κ1) is 27.2. The van der Waals surface area contributed by atoms with Gasteiger partial charge in [-0.15, -0.1) is 5.10 Å². The summed E-state index contributed by atoms with van der Waals surface area (Å²) in [6.45, 7) is 0.0949. The second kappa shape index (κ2) is 11.9. The van der Waals surface area contributed by atoms with Crippen molar-refractivity contribution < 1.29 is 9.13 Å². The van der Waals surface area contributed by atoms with Crippen LogP contribution in [0.25, 0.3) is 40.1 Å².